The molecule has 0 bridgehead atoms. The summed E-state index contributed by atoms with van der Waals surface area (Å²) in [4.78, 5) is 0. The van der Waals surface area contributed by atoms with Crippen molar-refractivity contribution in [2.24, 2.45) is 0 Å². The zero-order valence-corrected chi connectivity index (χ0v) is 71.2. The van der Waals surface area contributed by atoms with Crippen LogP contribution in [0.25, 0.3) is 210 Å². The molecule has 5 heteroatoms. The number of para-hydroxylation sites is 7. The van der Waals surface area contributed by atoms with E-state index in [1.807, 2.05) is 12.1 Å². The van der Waals surface area contributed by atoms with E-state index in [-0.39, 0.29) is 0 Å². The second kappa shape index (κ2) is 30.6. The number of aryl methyl sites for hydroxylation is 6. The molecule has 598 valence electrons. The Balaban J connectivity index is 0.000000109. The van der Waals surface area contributed by atoms with Crippen LogP contribution >= 0.6 is 0 Å². The van der Waals surface area contributed by atoms with E-state index >= 15 is 0 Å². The van der Waals surface area contributed by atoms with Crippen LogP contribution in [0.3, 0.4) is 0 Å². The molecule has 19 aromatic carbocycles. The van der Waals surface area contributed by atoms with Gasteiger partial charge >= 0.3 is 0 Å². The van der Waals surface area contributed by atoms with Crippen molar-refractivity contribution in [3.05, 3.63) is 457 Å². The van der Waals surface area contributed by atoms with E-state index in [0.29, 0.717) is 0 Å². The van der Waals surface area contributed by atoms with Gasteiger partial charge < -0.3 is 22.7 Å². The van der Waals surface area contributed by atoms with E-state index in [2.05, 4.69) is 460 Å². The van der Waals surface area contributed by atoms with Crippen molar-refractivity contribution in [2.75, 3.05) is 0 Å². The Labute approximate surface area is 732 Å². The lowest BCUT2D eigenvalue weighted by Crippen LogP contribution is -1.97. The second-order valence-corrected chi connectivity index (χ2v) is 34.0. The largest absolute Gasteiger partial charge is 0.456 e. The fourth-order valence-corrected chi connectivity index (χ4v) is 20.7. The molecule has 0 N–H and O–H groups in total. The highest BCUT2D eigenvalue weighted by Gasteiger charge is 2.25. The van der Waals surface area contributed by atoms with Gasteiger partial charge in [0.1, 0.15) is 11.2 Å². The van der Waals surface area contributed by atoms with Crippen molar-refractivity contribution in [1.29, 1.82) is 0 Å². The van der Waals surface area contributed by atoms with Gasteiger partial charge in [-0.25, -0.2) is 0 Å². The normalized spacial score (nSPS) is 11.9. The molecule has 24 aromatic rings. The summed E-state index contributed by atoms with van der Waals surface area (Å²) in [6.45, 7) is 13.3. The molecular formula is C121H88N4O. The number of nitrogens with zero attached hydrogens (tertiary/aromatic N) is 4. The van der Waals surface area contributed by atoms with Crippen LogP contribution in [-0.2, 0) is 6.42 Å². The molecule has 1 aliphatic carbocycles. The van der Waals surface area contributed by atoms with Gasteiger partial charge in [-0.3, -0.25) is 0 Å². The molecule has 0 saturated heterocycles. The van der Waals surface area contributed by atoms with Gasteiger partial charge in [-0.05, 0) is 245 Å². The third-order valence-corrected chi connectivity index (χ3v) is 26.6. The highest BCUT2D eigenvalue weighted by atomic mass is 16.3. The van der Waals surface area contributed by atoms with E-state index in [0.717, 1.165) is 33.9 Å². The summed E-state index contributed by atoms with van der Waals surface area (Å²) in [6.07, 6.45) is 1.03. The van der Waals surface area contributed by atoms with Gasteiger partial charge in [-0.2, -0.15) is 0 Å². The highest BCUT2D eigenvalue weighted by Crippen LogP contribution is 2.47. The molecule has 0 saturated carbocycles. The van der Waals surface area contributed by atoms with E-state index in [9.17, 15) is 0 Å². The van der Waals surface area contributed by atoms with Gasteiger partial charge in [-0.15, -0.1) is 0 Å². The molecule has 5 heterocycles. The number of hydrogen-bond acceptors (Lipinski definition) is 1. The number of rotatable bonds is 10. The predicted molar refractivity (Wildman–Crippen MR) is 533 cm³/mol. The van der Waals surface area contributed by atoms with E-state index in [1.165, 1.54) is 227 Å². The van der Waals surface area contributed by atoms with Crippen molar-refractivity contribution >= 4 is 109 Å². The molecule has 5 aromatic heterocycles. The predicted octanol–water partition coefficient (Wildman–Crippen LogP) is 32.8. The fourth-order valence-electron chi connectivity index (χ4n) is 20.7. The monoisotopic (exact) mass is 1610 g/mol. The first-order chi connectivity index (χ1) is 62.0. The Morgan fingerprint density at radius 1 is 0.190 bits per heavy atom. The minimum Gasteiger partial charge on any atom is -0.456 e. The van der Waals surface area contributed by atoms with Gasteiger partial charge in [-0.1, -0.05) is 315 Å². The number of benzene rings is 19. The lowest BCUT2D eigenvalue weighted by atomic mass is 9.96. The molecule has 0 fully saturated rings. The van der Waals surface area contributed by atoms with Crippen LogP contribution < -0.4 is 0 Å². The zero-order chi connectivity index (χ0) is 84.4. The Hall–Kier alpha value is -15.8. The second-order valence-electron chi connectivity index (χ2n) is 34.0. The number of aromatic nitrogens is 4. The molecular weight excluding hydrogens is 1530 g/mol. The van der Waals surface area contributed by atoms with Crippen LogP contribution in [0.15, 0.2) is 417 Å². The quantitative estimate of drug-likeness (QED) is 0.134. The molecule has 126 heavy (non-hydrogen) atoms. The van der Waals surface area contributed by atoms with E-state index in [1.54, 1.807) is 0 Å². The fraction of sp³-hybridized carbons (Fsp3) is 0.0579. The third-order valence-electron chi connectivity index (χ3n) is 26.6. The summed E-state index contributed by atoms with van der Waals surface area (Å²) < 4.78 is 15.9. The lowest BCUT2D eigenvalue weighted by molar-refractivity contribution is 0.669. The number of fused-ring (bicyclic) bond motifs is 18. The summed E-state index contributed by atoms with van der Waals surface area (Å²) >= 11 is 0. The van der Waals surface area contributed by atoms with Gasteiger partial charge in [0.2, 0.25) is 0 Å². The molecule has 0 radical (unpaired) electrons. The first kappa shape index (κ1) is 75.2. The third kappa shape index (κ3) is 12.4. The summed E-state index contributed by atoms with van der Waals surface area (Å²) in [7, 11) is 0. The Kier molecular flexibility index (Phi) is 18.3. The Bertz CT molecular complexity index is 8290. The molecule has 1 aliphatic rings. The van der Waals surface area contributed by atoms with Crippen molar-refractivity contribution in [2.45, 2.75) is 48.0 Å². The summed E-state index contributed by atoms with van der Waals surface area (Å²) in [5, 5.41) is 12.9. The Morgan fingerprint density at radius 3 is 0.976 bits per heavy atom. The summed E-state index contributed by atoms with van der Waals surface area (Å²) in [5.41, 5.74) is 44.6. The molecule has 0 unspecified atom stereocenters. The molecule has 25 rings (SSSR count). The highest BCUT2D eigenvalue weighted by molar-refractivity contribution is 6.17. The standard InChI is InChI=1S/C44H32N2.C39H29N.C38H27NO/c1-29-13-10-23-40-42(29)43-30(2)14-11-24-41(43)46(40)38-21-8-6-17-34(38)31-25-27-32(28-26-31)35-19-12-20-37-36-18-7-9-22-39(36)45(44(35)37)33-15-4-3-5-16-33;1-25-9-7-15-36-38(25)39-26(2)10-8-16-37(39)40(36)35-14-6-5-13-33(35)28-19-17-27(18-20-28)29-21-22-31-23-30-11-3-4-12-32(30)34(31)24-29;1-24-9-7-14-33-37(24)38-25(2)10-8-15-34(38)39(33)32-13-5-3-11-29(32)27-19-17-26(18-20-27)28-21-22-31-30-12-4-6-16-35(30)40-36(31)23-28/h3-28H,1-2H3;3-22,24H,23H2,1-2H3;3-23H,1-2H3. The van der Waals surface area contributed by atoms with Crippen LogP contribution in [0.2, 0.25) is 0 Å². The van der Waals surface area contributed by atoms with E-state index in [4.69, 9.17) is 4.42 Å². The maximum Gasteiger partial charge on any atom is 0.136 e. The average Bonchev–Trinajstić information content (AvgIpc) is 1.80. The van der Waals surface area contributed by atoms with Crippen molar-refractivity contribution in [3.8, 4) is 101 Å². The lowest BCUT2D eigenvalue weighted by Gasteiger charge is -2.15. The maximum absolute atomic E-state index is 6.15. The minimum absolute atomic E-state index is 0.921. The topological polar surface area (TPSA) is 32.9 Å². The summed E-state index contributed by atoms with van der Waals surface area (Å²) in [5.74, 6) is 0. The van der Waals surface area contributed by atoms with Crippen LogP contribution in [0.4, 0.5) is 0 Å². The average molecular weight is 1610 g/mol. The molecule has 0 aliphatic heterocycles. The molecule has 0 atom stereocenters. The SMILES string of the molecule is Cc1cccc2c1c1c(C)cccc1n2-c1ccccc1-c1ccc(-c2ccc3c(c2)-c2ccccc2C3)cc1.Cc1cccc2c1c1c(C)cccc1n2-c1ccccc1-c1ccc(-c2ccc3c(c2)oc2ccccc23)cc1.Cc1cccc2c1c1c(C)cccc1n2-c1ccccc1-c1ccc(-c2cccc3c4ccccc4n(-c4ccccc4)c23)cc1. The van der Waals surface area contributed by atoms with Crippen LogP contribution in [0.5, 0.6) is 0 Å². The summed E-state index contributed by atoms with van der Waals surface area (Å²) in [6, 6.07) is 150. The van der Waals surface area contributed by atoms with Crippen molar-refractivity contribution in [3.63, 3.8) is 0 Å². The first-order valence-corrected chi connectivity index (χ1v) is 43.8. The molecule has 0 spiro atoms. The number of hydrogen-bond donors (Lipinski definition) is 0. The Morgan fingerprint density at radius 2 is 0.508 bits per heavy atom. The smallest absolute Gasteiger partial charge is 0.136 e. The molecule has 5 nitrogen and oxygen atoms in total. The van der Waals surface area contributed by atoms with Crippen LogP contribution in [-0.4, -0.2) is 18.3 Å². The van der Waals surface area contributed by atoms with Gasteiger partial charge in [0, 0.05) is 81.8 Å². The van der Waals surface area contributed by atoms with Gasteiger partial charge in [0.15, 0.2) is 0 Å². The van der Waals surface area contributed by atoms with Crippen molar-refractivity contribution in [1.82, 2.24) is 18.3 Å². The zero-order valence-electron chi connectivity index (χ0n) is 71.2. The van der Waals surface area contributed by atoms with Crippen molar-refractivity contribution < 1.29 is 4.42 Å². The molecule has 0 amide bonds. The van der Waals surface area contributed by atoms with Gasteiger partial charge in [0.25, 0.3) is 0 Å². The van der Waals surface area contributed by atoms with Crippen LogP contribution in [0.1, 0.15) is 44.5 Å². The number of furan rings is 1. The minimum atomic E-state index is 0.921. The van der Waals surface area contributed by atoms with E-state index < -0.39 is 0 Å². The van der Waals surface area contributed by atoms with Gasteiger partial charge in [0.05, 0.1) is 61.2 Å². The maximum atomic E-state index is 6.15. The van der Waals surface area contributed by atoms with Crippen LogP contribution in [0, 0.1) is 41.5 Å². The first-order valence-electron chi connectivity index (χ1n) is 43.8.